The van der Waals surface area contributed by atoms with E-state index < -0.39 is 6.43 Å². The van der Waals surface area contributed by atoms with E-state index in [2.05, 4.69) is 31.5 Å². The number of halogens is 2. The molecule has 6 aromatic rings. The predicted octanol–water partition coefficient (Wildman–Crippen LogP) is 4.70. The van der Waals surface area contributed by atoms with Gasteiger partial charge in [-0.1, -0.05) is 6.07 Å². The number of benzene rings is 1. The zero-order valence-corrected chi connectivity index (χ0v) is 22.8. The lowest BCUT2D eigenvalue weighted by atomic mass is 10.1. The number of carbonyl (C=O) groups is 1. The van der Waals surface area contributed by atoms with Gasteiger partial charge in [0.2, 0.25) is 0 Å². The smallest absolute Gasteiger partial charge is 0.280 e. The van der Waals surface area contributed by atoms with Crippen LogP contribution < -0.4 is 11.1 Å². The van der Waals surface area contributed by atoms with Crippen molar-refractivity contribution in [2.24, 2.45) is 0 Å². The van der Waals surface area contributed by atoms with E-state index in [1.165, 1.54) is 24.0 Å². The number of rotatable bonds is 6. The number of aryl methyl sites for hydroxylation is 2. The number of nitrogens with one attached hydrogen (secondary N) is 1. The highest BCUT2D eigenvalue weighted by molar-refractivity contribution is 5.94. The average Bonchev–Trinajstić information content (AvgIpc) is 3.76. The van der Waals surface area contributed by atoms with E-state index in [-0.39, 0.29) is 28.8 Å². The third-order valence-electron chi connectivity index (χ3n) is 7.55. The second-order valence-corrected chi connectivity index (χ2v) is 10.2. The lowest BCUT2D eigenvalue weighted by Gasteiger charge is -2.16. The van der Waals surface area contributed by atoms with Crippen LogP contribution in [0.2, 0.25) is 0 Å². The van der Waals surface area contributed by atoms with Gasteiger partial charge in [0.1, 0.15) is 17.0 Å². The number of nitrogens with two attached hydrogens (primary N) is 1. The van der Waals surface area contributed by atoms with Gasteiger partial charge in [-0.3, -0.25) is 14.3 Å². The van der Waals surface area contributed by atoms with Crippen LogP contribution in [0.4, 0.5) is 14.6 Å². The molecule has 0 bridgehead atoms. The van der Waals surface area contributed by atoms with E-state index >= 15 is 0 Å². The van der Waals surface area contributed by atoms with Crippen LogP contribution in [0.5, 0.6) is 0 Å². The minimum absolute atomic E-state index is 0.240. The van der Waals surface area contributed by atoms with Crippen molar-refractivity contribution in [3.8, 4) is 22.9 Å². The first-order valence-corrected chi connectivity index (χ1v) is 13.5. The Morgan fingerprint density at radius 1 is 1.05 bits per heavy atom. The number of anilines is 1. The van der Waals surface area contributed by atoms with Gasteiger partial charge in [-0.2, -0.15) is 10.2 Å². The van der Waals surface area contributed by atoms with Crippen LogP contribution in [-0.2, 0) is 6.42 Å². The van der Waals surface area contributed by atoms with Crippen molar-refractivity contribution >= 4 is 22.9 Å². The number of hydrogen-bond acceptors (Lipinski definition) is 8. The Morgan fingerprint density at radius 3 is 2.65 bits per heavy atom. The fourth-order valence-corrected chi connectivity index (χ4v) is 5.50. The molecule has 0 aliphatic heterocycles. The van der Waals surface area contributed by atoms with Crippen molar-refractivity contribution in [1.29, 1.82) is 0 Å². The fourth-order valence-electron chi connectivity index (χ4n) is 5.50. The molecule has 5 heterocycles. The summed E-state index contributed by atoms with van der Waals surface area (Å²) in [5.41, 5.74) is 11.2. The summed E-state index contributed by atoms with van der Waals surface area (Å²) in [7, 11) is 0. The first-order chi connectivity index (χ1) is 20.9. The van der Waals surface area contributed by atoms with Crippen molar-refractivity contribution in [2.45, 2.75) is 32.2 Å². The van der Waals surface area contributed by atoms with Crippen LogP contribution in [0.1, 0.15) is 51.6 Å². The van der Waals surface area contributed by atoms with Crippen molar-refractivity contribution in [2.75, 3.05) is 5.73 Å². The Kier molecular flexibility index (Phi) is 6.34. The monoisotopic (exact) mass is 578 g/mol. The summed E-state index contributed by atoms with van der Waals surface area (Å²) in [6.07, 6.45) is 4.70. The van der Waals surface area contributed by atoms with Gasteiger partial charge in [0.15, 0.2) is 17.3 Å². The van der Waals surface area contributed by atoms with Gasteiger partial charge in [0, 0.05) is 18.1 Å². The second kappa shape index (κ2) is 10.4. The molecule has 7 rings (SSSR count). The predicted molar refractivity (Wildman–Crippen MR) is 154 cm³/mol. The summed E-state index contributed by atoms with van der Waals surface area (Å²) in [6, 6.07) is 14.5. The molecular formula is C30H24F2N10O. The van der Waals surface area contributed by atoms with Crippen molar-refractivity contribution in [3.63, 3.8) is 0 Å². The summed E-state index contributed by atoms with van der Waals surface area (Å²) in [6.45, 7) is 1.52. The average molecular weight is 579 g/mol. The molecule has 0 saturated heterocycles. The van der Waals surface area contributed by atoms with Gasteiger partial charge in [-0.05, 0) is 78.9 Å². The number of amides is 1. The Hall–Kier alpha value is -5.59. The molecule has 13 heteroatoms. The molecule has 1 aliphatic rings. The van der Waals surface area contributed by atoms with Gasteiger partial charge in [0.05, 0.1) is 29.6 Å². The number of pyridine rings is 3. The maximum Gasteiger partial charge on any atom is 0.280 e. The molecule has 0 saturated carbocycles. The number of imidazole rings is 1. The molecule has 1 aromatic carbocycles. The molecule has 3 N–H and O–H groups in total. The number of nitrogens with zero attached hydrogens (tertiary/aromatic N) is 8. The normalized spacial score (nSPS) is 14.4. The van der Waals surface area contributed by atoms with Crippen LogP contribution in [0.3, 0.4) is 0 Å². The summed E-state index contributed by atoms with van der Waals surface area (Å²) < 4.78 is 28.2. The lowest BCUT2D eigenvalue weighted by molar-refractivity contribution is 0.0935. The number of alkyl halides is 2. The zero-order chi connectivity index (χ0) is 29.7. The van der Waals surface area contributed by atoms with Crippen LogP contribution in [0.25, 0.3) is 34.1 Å². The molecule has 0 unspecified atom stereocenters. The van der Waals surface area contributed by atoms with Gasteiger partial charge >= 0.3 is 0 Å². The largest absolute Gasteiger partial charge is 0.383 e. The maximum absolute atomic E-state index is 13.1. The molecule has 1 atom stereocenters. The van der Waals surface area contributed by atoms with Crippen molar-refractivity contribution in [1.82, 2.24) is 44.8 Å². The molecule has 5 aromatic heterocycles. The van der Waals surface area contributed by atoms with E-state index in [9.17, 15) is 13.6 Å². The summed E-state index contributed by atoms with van der Waals surface area (Å²) >= 11 is 0. The molecule has 0 radical (unpaired) electrons. The quantitative estimate of drug-likeness (QED) is 0.290. The van der Waals surface area contributed by atoms with E-state index in [0.29, 0.717) is 40.6 Å². The summed E-state index contributed by atoms with van der Waals surface area (Å²) in [5, 5.41) is 11.4. The number of fused-ring (bicyclic) bond motifs is 2. The number of hydrogen-bond donors (Lipinski definition) is 2. The summed E-state index contributed by atoms with van der Waals surface area (Å²) in [4.78, 5) is 32.2. The number of nitrogen functional groups attached to an aromatic ring is 1. The zero-order valence-electron chi connectivity index (χ0n) is 22.8. The molecule has 214 valence electrons. The van der Waals surface area contributed by atoms with Crippen LogP contribution >= 0.6 is 0 Å². The summed E-state index contributed by atoms with van der Waals surface area (Å²) in [5.74, 6) is 1.08. The maximum atomic E-state index is 13.1. The lowest BCUT2D eigenvalue weighted by Crippen LogP contribution is -2.27. The van der Waals surface area contributed by atoms with Crippen LogP contribution in [-0.4, -0.2) is 45.4 Å². The number of carbonyl (C=O) groups excluding carboxylic acids is 1. The molecule has 1 amide bonds. The SMILES string of the molecule is Cc1cc(C(=O)N[C@H]2CCc3cc(-n4c(-c5cccnc5N)nc5ccc(-n6nccn6)nc54)ccc32)cnc1C(F)F. The van der Waals surface area contributed by atoms with Crippen LogP contribution in [0, 0.1) is 6.92 Å². The van der Waals surface area contributed by atoms with Gasteiger partial charge in [-0.25, -0.2) is 23.7 Å². The third kappa shape index (κ3) is 4.64. The molecule has 1 aliphatic carbocycles. The highest BCUT2D eigenvalue weighted by atomic mass is 19.3. The number of aromatic nitrogens is 8. The molecule has 0 spiro atoms. The molecular weight excluding hydrogens is 554 g/mol. The highest BCUT2D eigenvalue weighted by Gasteiger charge is 2.27. The second-order valence-electron chi connectivity index (χ2n) is 10.2. The Labute approximate surface area is 243 Å². The molecule has 0 fully saturated rings. The Morgan fingerprint density at radius 2 is 1.88 bits per heavy atom. The molecule has 11 nitrogen and oxygen atoms in total. The van der Waals surface area contributed by atoms with E-state index in [1.54, 1.807) is 30.7 Å². The van der Waals surface area contributed by atoms with E-state index in [0.717, 1.165) is 23.2 Å². The van der Waals surface area contributed by atoms with E-state index in [4.69, 9.17) is 15.7 Å². The minimum Gasteiger partial charge on any atom is -0.383 e. The standard InChI is InChI=1S/C30H24F2N10O/c1-16-13-18(15-35-25(16)26(31)32)30(43)39-22-7-4-17-14-19(5-6-20(17)22)41-28(21-3-2-10-34-27(21)33)38-23-8-9-24(40-29(23)41)42-36-11-12-37-42/h2-3,5-6,8-15,22,26H,4,7H2,1H3,(H2,33,34)(H,39,43)/t22-/m0/s1. The topological polar surface area (TPSA) is 142 Å². The van der Waals surface area contributed by atoms with Gasteiger partial charge < -0.3 is 11.1 Å². The first-order valence-electron chi connectivity index (χ1n) is 13.5. The van der Waals surface area contributed by atoms with Crippen molar-refractivity contribution in [3.05, 3.63) is 101 Å². The van der Waals surface area contributed by atoms with Crippen LogP contribution in [0.15, 0.2) is 73.3 Å². The Bertz CT molecular complexity index is 2000. The minimum atomic E-state index is -2.69. The van der Waals surface area contributed by atoms with Crippen molar-refractivity contribution < 1.29 is 13.6 Å². The van der Waals surface area contributed by atoms with Gasteiger partial charge in [0.25, 0.3) is 12.3 Å². The highest BCUT2D eigenvalue weighted by Crippen LogP contribution is 2.36. The third-order valence-corrected chi connectivity index (χ3v) is 7.55. The van der Waals surface area contributed by atoms with E-state index in [1.807, 2.05) is 28.8 Å². The van der Waals surface area contributed by atoms with Gasteiger partial charge in [-0.15, -0.1) is 4.80 Å². The first kappa shape index (κ1) is 26.3. The Balaban J connectivity index is 1.26. The molecule has 43 heavy (non-hydrogen) atoms. The fraction of sp³-hybridized carbons (Fsp3) is 0.167.